The highest BCUT2D eigenvalue weighted by Crippen LogP contribution is 2.15. The number of nitrogens with zero attached hydrogens (tertiary/aromatic N) is 1. The largest absolute Gasteiger partial charge is 0.477 e. The quantitative estimate of drug-likeness (QED) is 0.0212. The van der Waals surface area contributed by atoms with Gasteiger partial charge in [-0.15, -0.1) is 0 Å². The average molecular weight is 877 g/mol. The lowest BCUT2D eigenvalue weighted by atomic mass is 10.1. The highest BCUT2D eigenvalue weighted by molar-refractivity contribution is 5.71. The SMILES string of the molecule is CCCCCC/C=C\C/C=C\CCCCCCCC(=O)OC(COC(=O)CCCCCCCCCCC/C=C\CCCCCCCCCC)COC(OCC[N+](C)(C)C)C(=O)O. The molecule has 0 rings (SSSR count). The number of carbonyl (C=O) groups is 3. The van der Waals surface area contributed by atoms with Crippen molar-refractivity contribution in [2.24, 2.45) is 0 Å². The standard InChI is InChI=1S/C53H97NO8/c1-6-8-10-12-14-16-18-20-22-24-25-26-27-28-30-31-33-35-37-39-41-43-50(55)60-47-49(48-61-53(52(57)58)59-46-45-54(3,4)5)62-51(56)44-42-40-38-36-34-32-29-23-21-19-17-15-13-11-9-7-2/h17,19,23-25,29,49,53H,6-16,18,20-22,26-28,30-48H2,1-5H3/p+1/b19-17-,25-24-,29-23-. The van der Waals surface area contributed by atoms with Crippen LogP contribution in [0.15, 0.2) is 36.5 Å². The molecule has 1 N–H and O–H groups in total. The van der Waals surface area contributed by atoms with E-state index in [4.69, 9.17) is 18.9 Å². The molecular formula is C53H98NO8+. The van der Waals surface area contributed by atoms with Gasteiger partial charge >= 0.3 is 17.9 Å². The summed E-state index contributed by atoms with van der Waals surface area (Å²) in [5, 5.41) is 9.66. The van der Waals surface area contributed by atoms with Crippen LogP contribution in [0.4, 0.5) is 0 Å². The summed E-state index contributed by atoms with van der Waals surface area (Å²) in [6.45, 7) is 4.85. The van der Waals surface area contributed by atoms with E-state index in [1.54, 1.807) is 0 Å². The number of rotatable bonds is 47. The fraction of sp³-hybridized carbons (Fsp3) is 0.830. The Morgan fingerprint density at radius 1 is 0.484 bits per heavy atom. The molecule has 0 fully saturated rings. The van der Waals surface area contributed by atoms with E-state index >= 15 is 0 Å². The maximum absolute atomic E-state index is 12.8. The van der Waals surface area contributed by atoms with Gasteiger partial charge in [0.15, 0.2) is 6.10 Å². The van der Waals surface area contributed by atoms with Crippen LogP contribution in [0, 0.1) is 0 Å². The van der Waals surface area contributed by atoms with Crippen LogP contribution in [-0.2, 0) is 33.3 Å². The zero-order valence-electron chi connectivity index (χ0n) is 41.0. The molecule has 0 heterocycles. The Labute approximate surface area is 381 Å². The van der Waals surface area contributed by atoms with E-state index in [1.165, 1.54) is 135 Å². The summed E-state index contributed by atoms with van der Waals surface area (Å²) in [6.07, 6.45) is 49.2. The Balaban J connectivity index is 4.34. The molecule has 0 aliphatic carbocycles. The molecule has 0 spiro atoms. The van der Waals surface area contributed by atoms with Crippen molar-refractivity contribution in [3.05, 3.63) is 36.5 Å². The zero-order chi connectivity index (χ0) is 45.6. The van der Waals surface area contributed by atoms with Gasteiger partial charge in [-0.05, 0) is 70.6 Å². The van der Waals surface area contributed by atoms with Crippen molar-refractivity contribution in [3.8, 4) is 0 Å². The molecule has 0 radical (unpaired) electrons. The smallest absolute Gasteiger partial charge is 0.361 e. The molecule has 9 nitrogen and oxygen atoms in total. The Hall–Kier alpha value is -2.49. The van der Waals surface area contributed by atoms with Gasteiger partial charge in [-0.2, -0.15) is 0 Å². The molecule has 0 amide bonds. The molecule has 0 saturated heterocycles. The van der Waals surface area contributed by atoms with Crippen LogP contribution in [0.1, 0.15) is 226 Å². The summed E-state index contributed by atoms with van der Waals surface area (Å²) in [6, 6.07) is 0. The summed E-state index contributed by atoms with van der Waals surface area (Å²) >= 11 is 0. The third-order valence-corrected chi connectivity index (χ3v) is 11.1. The van der Waals surface area contributed by atoms with Crippen molar-refractivity contribution < 1.29 is 42.9 Å². The number of carboxylic acids is 1. The number of carbonyl (C=O) groups excluding carboxylic acids is 2. The first-order chi connectivity index (χ1) is 30.1. The molecular weight excluding hydrogens is 779 g/mol. The van der Waals surface area contributed by atoms with Gasteiger partial charge in [0.25, 0.3) is 6.29 Å². The molecule has 0 aromatic carbocycles. The van der Waals surface area contributed by atoms with E-state index in [1.807, 2.05) is 21.1 Å². The summed E-state index contributed by atoms with van der Waals surface area (Å²) in [5.74, 6) is -2.02. The number of unbranched alkanes of at least 4 members (excludes halogenated alkanes) is 26. The predicted molar refractivity (Wildman–Crippen MR) is 258 cm³/mol. The van der Waals surface area contributed by atoms with Crippen LogP contribution in [-0.4, -0.2) is 87.4 Å². The number of aliphatic carboxylic acids is 1. The first-order valence-electron chi connectivity index (χ1n) is 25.7. The number of hydrogen-bond acceptors (Lipinski definition) is 7. The van der Waals surface area contributed by atoms with Gasteiger partial charge in [0.2, 0.25) is 0 Å². The number of quaternary nitrogens is 1. The summed E-state index contributed by atoms with van der Waals surface area (Å²) in [7, 11) is 5.96. The van der Waals surface area contributed by atoms with Crippen LogP contribution in [0.5, 0.6) is 0 Å². The number of hydrogen-bond donors (Lipinski definition) is 1. The lowest BCUT2D eigenvalue weighted by Crippen LogP contribution is -2.40. The van der Waals surface area contributed by atoms with Crippen molar-refractivity contribution in [1.82, 2.24) is 0 Å². The Bertz CT molecular complexity index is 1110. The maximum Gasteiger partial charge on any atom is 0.361 e. The highest BCUT2D eigenvalue weighted by atomic mass is 16.7. The van der Waals surface area contributed by atoms with E-state index in [0.717, 1.165) is 57.8 Å². The van der Waals surface area contributed by atoms with E-state index in [9.17, 15) is 19.5 Å². The third-order valence-electron chi connectivity index (χ3n) is 11.1. The Kier molecular flexibility index (Phi) is 43.3. The van der Waals surface area contributed by atoms with Crippen LogP contribution >= 0.6 is 0 Å². The van der Waals surface area contributed by atoms with E-state index < -0.39 is 24.3 Å². The second-order valence-electron chi connectivity index (χ2n) is 18.5. The monoisotopic (exact) mass is 877 g/mol. The van der Waals surface area contributed by atoms with Crippen molar-refractivity contribution in [2.75, 3.05) is 47.5 Å². The minimum atomic E-state index is -1.51. The number of carboxylic acid groups (broad SMARTS) is 1. The van der Waals surface area contributed by atoms with Crippen LogP contribution in [0.25, 0.3) is 0 Å². The van der Waals surface area contributed by atoms with Crippen LogP contribution in [0.3, 0.4) is 0 Å². The molecule has 0 aliphatic rings. The van der Waals surface area contributed by atoms with Gasteiger partial charge in [0.1, 0.15) is 13.2 Å². The fourth-order valence-electron chi connectivity index (χ4n) is 7.10. The van der Waals surface area contributed by atoms with Crippen LogP contribution < -0.4 is 0 Å². The molecule has 62 heavy (non-hydrogen) atoms. The van der Waals surface area contributed by atoms with Gasteiger partial charge in [-0.3, -0.25) is 9.59 Å². The first-order valence-corrected chi connectivity index (χ1v) is 25.7. The molecule has 2 atom stereocenters. The van der Waals surface area contributed by atoms with E-state index in [0.29, 0.717) is 23.9 Å². The molecule has 0 saturated carbocycles. The van der Waals surface area contributed by atoms with Gasteiger partial charge in [-0.25, -0.2) is 4.79 Å². The van der Waals surface area contributed by atoms with Gasteiger partial charge < -0.3 is 28.5 Å². The second-order valence-corrected chi connectivity index (χ2v) is 18.5. The lowest BCUT2D eigenvalue weighted by molar-refractivity contribution is -0.870. The molecule has 362 valence electrons. The minimum absolute atomic E-state index is 0.185. The van der Waals surface area contributed by atoms with Crippen molar-refractivity contribution >= 4 is 17.9 Å². The normalized spacial score (nSPS) is 13.1. The third kappa shape index (κ3) is 45.5. The van der Waals surface area contributed by atoms with Crippen LogP contribution in [0.2, 0.25) is 0 Å². The zero-order valence-corrected chi connectivity index (χ0v) is 41.0. The van der Waals surface area contributed by atoms with E-state index in [2.05, 4.69) is 50.3 Å². The number of ether oxygens (including phenoxy) is 4. The summed E-state index contributed by atoms with van der Waals surface area (Å²) in [5.41, 5.74) is 0. The molecule has 0 bridgehead atoms. The molecule has 9 heteroatoms. The predicted octanol–water partition coefficient (Wildman–Crippen LogP) is 14.2. The molecule has 0 aromatic rings. The highest BCUT2D eigenvalue weighted by Gasteiger charge is 2.25. The fourth-order valence-corrected chi connectivity index (χ4v) is 7.10. The molecule has 0 aromatic heterocycles. The lowest BCUT2D eigenvalue weighted by Gasteiger charge is -2.25. The Morgan fingerprint density at radius 2 is 0.871 bits per heavy atom. The minimum Gasteiger partial charge on any atom is -0.477 e. The first kappa shape index (κ1) is 59.5. The van der Waals surface area contributed by atoms with Crippen molar-refractivity contribution in [3.63, 3.8) is 0 Å². The molecule has 0 aliphatic heterocycles. The summed E-state index contributed by atoms with van der Waals surface area (Å²) in [4.78, 5) is 37.2. The van der Waals surface area contributed by atoms with Crippen molar-refractivity contribution in [1.29, 1.82) is 0 Å². The molecule has 2 unspecified atom stereocenters. The average Bonchev–Trinajstić information content (AvgIpc) is 3.23. The maximum atomic E-state index is 12.8. The summed E-state index contributed by atoms with van der Waals surface area (Å²) < 4.78 is 22.8. The number of likely N-dealkylation sites (N-methyl/N-ethyl adjacent to an activating group) is 1. The Morgan fingerprint density at radius 3 is 1.31 bits per heavy atom. The van der Waals surface area contributed by atoms with Gasteiger partial charge in [-0.1, -0.05) is 179 Å². The van der Waals surface area contributed by atoms with Gasteiger partial charge in [0, 0.05) is 12.8 Å². The second kappa shape index (κ2) is 45.1. The van der Waals surface area contributed by atoms with Gasteiger partial charge in [0.05, 0.1) is 34.4 Å². The number of allylic oxidation sites excluding steroid dienone is 6. The number of esters is 2. The topological polar surface area (TPSA) is 108 Å². The van der Waals surface area contributed by atoms with E-state index in [-0.39, 0.29) is 32.2 Å². The van der Waals surface area contributed by atoms with Crippen molar-refractivity contribution in [2.45, 2.75) is 238 Å².